The SMILES string of the molecule is CC(C)c1cc2c(s1)Nc1cc(F)ccc1N=C2N1CCNCC1.CCOC. The van der Waals surface area contributed by atoms with Crippen molar-refractivity contribution < 1.29 is 9.13 Å². The van der Waals surface area contributed by atoms with Crippen LogP contribution in [0.3, 0.4) is 0 Å². The maximum Gasteiger partial charge on any atom is 0.139 e. The Hall–Kier alpha value is -1.96. The Balaban J connectivity index is 0.000000516. The monoisotopic (exact) mass is 404 g/mol. The van der Waals surface area contributed by atoms with E-state index < -0.39 is 0 Å². The number of thiophene rings is 1. The van der Waals surface area contributed by atoms with Crippen LogP contribution in [-0.4, -0.2) is 50.6 Å². The molecule has 4 rings (SSSR count). The fraction of sp³-hybridized carbons (Fsp3) is 0.476. The predicted molar refractivity (Wildman–Crippen MR) is 116 cm³/mol. The second kappa shape index (κ2) is 9.49. The minimum absolute atomic E-state index is 0.246. The van der Waals surface area contributed by atoms with Gasteiger partial charge in [-0.05, 0) is 37.1 Å². The molecule has 5 nitrogen and oxygen atoms in total. The minimum atomic E-state index is -0.246. The van der Waals surface area contributed by atoms with E-state index in [-0.39, 0.29) is 5.82 Å². The van der Waals surface area contributed by atoms with E-state index in [2.05, 4.69) is 40.2 Å². The van der Waals surface area contributed by atoms with Gasteiger partial charge in [0.15, 0.2) is 0 Å². The molecule has 0 atom stereocenters. The average Bonchev–Trinajstić information content (AvgIpc) is 3.06. The molecule has 1 aromatic carbocycles. The number of amidine groups is 1. The van der Waals surface area contributed by atoms with Gasteiger partial charge in [-0.3, -0.25) is 0 Å². The first-order valence-corrected chi connectivity index (χ1v) is 10.6. The molecule has 152 valence electrons. The van der Waals surface area contributed by atoms with Crippen molar-refractivity contribution in [3.63, 3.8) is 0 Å². The fourth-order valence-electron chi connectivity index (χ4n) is 3.07. The molecule has 0 spiro atoms. The number of fused-ring (bicyclic) bond motifs is 2. The average molecular weight is 405 g/mol. The molecule has 0 saturated carbocycles. The zero-order valence-corrected chi connectivity index (χ0v) is 17.8. The number of nitrogens with zero attached hydrogens (tertiary/aromatic N) is 2. The molecular weight excluding hydrogens is 375 g/mol. The van der Waals surface area contributed by atoms with Crippen molar-refractivity contribution >= 4 is 33.5 Å². The summed E-state index contributed by atoms with van der Waals surface area (Å²) >= 11 is 1.74. The lowest BCUT2D eigenvalue weighted by atomic mass is 10.1. The summed E-state index contributed by atoms with van der Waals surface area (Å²) in [6, 6.07) is 6.98. The van der Waals surface area contributed by atoms with E-state index in [1.807, 2.05) is 6.92 Å². The van der Waals surface area contributed by atoms with Gasteiger partial charge in [-0.25, -0.2) is 9.38 Å². The van der Waals surface area contributed by atoms with Gasteiger partial charge in [0.25, 0.3) is 0 Å². The Bertz CT molecular complexity index is 826. The number of rotatable bonds is 2. The maximum atomic E-state index is 13.7. The molecule has 0 aliphatic carbocycles. The molecule has 0 radical (unpaired) electrons. The van der Waals surface area contributed by atoms with E-state index in [1.165, 1.54) is 17.0 Å². The second-order valence-corrected chi connectivity index (χ2v) is 8.17. The van der Waals surface area contributed by atoms with E-state index >= 15 is 0 Å². The number of methoxy groups -OCH3 is 1. The Morgan fingerprint density at radius 2 is 1.96 bits per heavy atom. The summed E-state index contributed by atoms with van der Waals surface area (Å²) in [6.07, 6.45) is 0. The van der Waals surface area contributed by atoms with Gasteiger partial charge in [0.2, 0.25) is 0 Å². The standard InChI is InChI=1S/C18H21FN4S.C3H8O/c1-11(2)16-10-13-17(23-7-5-20-6-8-23)21-14-4-3-12(19)9-15(14)22-18(13)24-16;1-3-4-2/h3-4,9-11,20,22H,5-8H2,1-2H3;3H2,1-2H3. The van der Waals surface area contributed by atoms with E-state index in [9.17, 15) is 4.39 Å². The number of ether oxygens (including phenoxy) is 1. The van der Waals surface area contributed by atoms with Crippen molar-refractivity contribution in [1.29, 1.82) is 0 Å². The van der Waals surface area contributed by atoms with E-state index in [0.29, 0.717) is 5.92 Å². The molecule has 0 bridgehead atoms. The van der Waals surface area contributed by atoms with Gasteiger partial charge >= 0.3 is 0 Å². The number of benzene rings is 1. The number of anilines is 2. The van der Waals surface area contributed by atoms with E-state index in [4.69, 9.17) is 4.99 Å². The lowest BCUT2D eigenvalue weighted by Crippen LogP contribution is -2.46. The lowest BCUT2D eigenvalue weighted by Gasteiger charge is -2.30. The first-order chi connectivity index (χ1) is 13.5. The van der Waals surface area contributed by atoms with Crippen LogP contribution in [0.1, 0.15) is 37.1 Å². The van der Waals surface area contributed by atoms with Crippen LogP contribution in [0.15, 0.2) is 29.3 Å². The van der Waals surface area contributed by atoms with E-state index in [0.717, 1.165) is 60.6 Å². The number of piperazine rings is 1. The van der Waals surface area contributed by atoms with Crippen molar-refractivity contribution in [2.24, 2.45) is 4.99 Å². The molecule has 2 aromatic rings. The van der Waals surface area contributed by atoms with Crippen LogP contribution in [0.4, 0.5) is 20.8 Å². The number of hydrogen-bond donors (Lipinski definition) is 2. The van der Waals surface area contributed by atoms with Crippen molar-refractivity contribution in [1.82, 2.24) is 10.2 Å². The summed E-state index contributed by atoms with van der Waals surface area (Å²) in [7, 11) is 1.68. The highest BCUT2D eigenvalue weighted by atomic mass is 32.1. The van der Waals surface area contributed by atoms with Crippen LogP contribution in [0.5, 0.6) is 0 Å². The van der Waals surface area contributed by atoms with Gasteiger partial charge < -0.3 is 20.3 Å². The van der Waals surface area contributed by atoms with Crippen LogP contribution in [-0.2, 0) is 4.74 Å². The highest BCUT2D eigenvalue weighted by Crippen LogP contribution is 2.41. The highest BCUT2D eigenvalue weighted by molar-refractivity contribution is 7.16. The molecule has 1 aromatic heterocycles. The Morgan fingerprint density at radius 1 is 1.25 bits per heavy atom. The third-order valence-electron chi connectivity index (χ3n) is 4.70. The lowest BCUT2D eigenvalue weighted by molar-refractivity contribution is 0.215. The van der Waals surface area contributed by atoms with Gasteiger partial charge in [-0.2, -0.15) is 0 Å². The third-order valence-corrected chi connectivity index (χ3v) is 6.05. The van der Waals surface area contributed by atoms with Crippen LogP contribution >= 0.6 is 11.3 Å². The molecule has 2 aliphatic heterocycles. The molecule has 0 amide bonds. The number of hydrogen-bond acceptors (Lipinski definition) is 6. The first-order valence-electron chi connectivity index (χ1n) is 9.77. The first kappa shape index (κ1) is 20.8. The molecule has 7 heteroatoms. The number of aliphatic imine (C=N–C) groups is 1. The van der Waals surface area contributed by atoms with Crippen LogP contribution in [0.25, 0.3) is 0 Å². The quantitative estimate of drug-likeness (QED) is 0.761. The van der Waals surface area contributed by atoms with Gasteiger partial charge in [0, 0.05) is 44.8 Å². The zero-order chi connectivity index (χ0) is 20.1. The van der Waals surface area contributed by atoms with Gasteiger partial charge in [-0.1, -0.05) is 13.8 Å². The van der Waals surface area contributed by atoms with Crippen molar-refractivity contribution in [3.8, 4) is 0 Å². The topological polar surface area (TPSA) is 48.9 Å². The third kappa shape index (κ3) is 4.71. The summed E-state index contributed by atoms with van der Waals surface area (Å²) in [5.74, 6) is 1.21. The molecule has 1 saturated heterocycles. The molecule has 3 heterocycles. The highest BCUT2D eigenvalue weighted by Gasteiger charge is 2.25. The summed E-state index contributed by atoms with van der Waals surface area (Å²) in [4.78, 5) is 8.55. The maximum absolute atomic E-state index is 13.7. The molecule has 0 unspecified atom stereocenters. The molecule has 28 heavy (non-hydrogen) atoms. The van der Waals surface area contributed by atoms with Gasteiger partial charge in [0.1, 0.15) is 16.7 Å². The minimum Gasteiger partial charge on any atom is -0.385 e. The summed E-state index contributed by atoms with van der Waals surface area (Å²) in [5, 5.41) is 7.85. The zero-order valence-electron chi connectivity index (χ0n) is 17.0. The molecular formula is C21H29FN4OS. The second-order valence-electron chi connectivity index (χ2n) is 7.08. The normalized spacial score (nSPS) is 15.6. The van der Waals surface area contributed by atoms with Crippen LogP contribution < -0.4 is 10.6 Å². The number of nitrogens with one attached hydrogen (secondary N) is 2. The Labute approximate surface area is 170 Å². The molecule has 2 N–H and O–H groups in total. The fourth-order valence-corrected chi connectivity index (χ4v) is 4.14. The van der Waals surface area contributed by atoms with E-state index in [1.54, 1.807) is 24.5 Å². The smallest absolute Gasteiger partial charge is 0.139 e. The van der Waals surface area contributed by atoms with Gasteiger partial charge in [-0.15, -0.1) is 11.3 Å². The summed E-state index contributed by atoms with van der Waals surface area (Å²) in [6.45, 7) is 10.9. The van der Waals surface area contributed by atoms with Crippen LogP contribution in [0, 0.1) is 5.82 Å². The summed E-state index contributed by atoms with van der Waals surface area (Å²) < 4.78 is 18.2. The Morgan fingerprint density at radius 3 is 2.61 bits per heavy atom. The Kier molecular flexibility index (Phi) is 7.04. The van der Waals surface area contributed by atoms with Crippen molar-refractivity contribution in [3.05, 3.63) is 40.5 Å². The van der Waals surface area contributed by atoms with Crippen molar-refractivity contribution in [2.75, 3.05) is 45.2 Å². The van der Waals surface area contributed by atoms with Crippen molar-refractivity contribution in [2.45, 2.75) is 26.7 Å². The largest absolute Gasteiger partial charge is 0.385 e. The van der Waals surface area contributed by atoms with Gasteiger partial charge in [0.05, 0.1) is 16.9 Å². The van der Waals surface area contributed by atoms with Crippen LogP contribution in [0.2, 0.25) is 0 Å². The molecule has 1 fully saturated rings. The predicted octanol–water partition coefficient (Wildman–Crippen LogP) is 4.70. The molecule has 2 aliphatic rings. The summed E-state index contributed by atoms with van der Waals surface area (Å²) in [5.41, 5.74) is 2.65. The number of halogens is 1.